The highest BCUT2D eigenvalue weighted by molar-refractivity contribution is 6.52. The Morgan fingerprint density at radius 1 is 1.30 bits per heavy atom. The van der Waals surface area contributed by atoms with Gasteiger partial charge in [-0.15, -0.1) is 0 Å². The molecule has 108 valence electrons. The number of nitrogens with one attached hydrogen (secondary N) is 1. The molecule has 5 heteroatoms. The van der Waals surface area contributed by atoms with E-state index in [2.05, 4.69) is 19.2 Å². The summed E-state index contributed by atoms with van der Waals surface area (Å²) >= 11 is 0. The van der Waals surface area contributed by atoms with Gasteiger partial charge in [0.25, 0.3) is 11.7 Å². The van der Waals surface area contributed by atoms with Crippen molar-refractivity contribution in [3.05, 3.63) is 23.8 Å². The molecule has 0 bridgehead atoms. The minimum absolute atomic E-state index is 0.419. The maximum Gasteiger partial charge on any atom is 0.299 e. The normalized spacial score (nSPS) is 14.1. The number of ether oxygens (including phenoxy) is 1. The fourth-order valence-electron chi connectivity index (χ4n) is 2.26. The molecule has 2 rings (SSSR count). The van der Waals surface area contributed by atoms with Gasteiger partial charge in [-0.3, -0.25) is 9.59 Å². The summed E-state index contributed by atoms with van der Waals surface area (Å²) in [5.74, 6) is -0.304. The number of Topliss-reactive ketones (excluding diaryl/α,β-unsaturated/α-hetero) is 1. The van der Waals surface area contributed by atoms with Crippen LogP contribution in [0.15, 0.2) is 18.2 Å². The number of rotatable bonds is 6. The lowest BCUT2D eigenvalue weighted by atomic mass is 10.1. The summed E-state index contributed by atoms with van der Waals surface area (Å²) in [5, 5.41) is 3.29. The van der Waals surface area contributed by atoms with Crippen molar-refractivity contribution < 1.29 is 14.3 Å². The van der Waals surface area contributed by atoms with Crippen LogP contribution in [0.2, 0.25) is 0 Å². The lowest BCUT2D eigenvalue weighted by molar-refractivity contribution is -0.114. The van der Waals surface area contributed by atoms with Gasteiger partial charge in [-0.1, -0.05) is 13.8 Å². The predicted molar refractivity (Wildman–Crippen MR) is 77.4 cm³/mol. The molecule has 0 unspecified atom stereocenters. The van der Waals surface area contributed by atoms with E-state index in [1.165, 1.54) is 0 Å². The van der Waals surface area contributed by atoms with Crippen LogP contribution in [0.1, 0.15) is 30.6 Å². The Bertz CT molecular complexity index is 526. The summed E-state index contributed by atoms with van der Waals surface area (Å²) in [6.07, 6.45) is 0.808. The first-order valence-corrected chi connectivity index (χ1v) is 6.82. The number of amides is 1. The first-order valence-electron chi connectivity index (χ1n) is 6.82. The summed E-state index contributed by atoms with van der Waals surface area (Å²) in [6, 6.07) is 5.58. The minimum Gasteiger partial charge on any atom is -0.497 e. The molecular weight excluding hydrogens is 256 g/mol. The van der Waals surface area contributed by atoms with Crippen LogP contribution >= 0.6 is 0 Å². The molecule has 0 saturated carbocycles. The van der Waals surface area contributed by atoms with Crippen LogP contribution in [0.5, 0.6) is 5.75 Å². The molecule has 1 aromatic carbocycles. The van der Waals surface area contributed by atoms with Crippen molar-refractivity contribution in [3.8, 4) is 5.75 Å². The van der Waals surface area contributed by atoms with Crippen molar-refractivity contribution in [1.82, 2.24) is 5.32 Å². The topological polar surface area (TPSA) is 58.6 Å². The van der Waals surface area contributed by atoms with Gasteiger partial charge in [0.1, 0.15) is 5.75 Å². The fourth-order valence-corrected chi connectivity index (χ4v) is 2.26. The van der Waals surface area contributed by atoms with Crippen LogP contribution in [0, 0.1) is 0 Å². The SMILES string of the molecule is COc1ccc2c(c1)C(=O)C(=O)N2CCCNC(C)C. The summed E-state index contributed by atoms with van der Waals surface area (Å²) in [6.45, 7) is 5.52. The molecule has 1 aliphatic rings. The van der Waals surface area contributed by atoms with E-state index in [9.17, 15) is 9.59 Å². The number of benzene rings is 1. The van der Waals surface area contributed by atoms with Crippen LogP contribution in [0.4, 0.5) is 5.69 Å². The van der Waals surface area contributed by atoms with Crippen LogP contribution < -0.4 is 15.0 Å². The second-order valence-corrected chi connectivity index (χ2v) is 5.13. The van der Waals surface area contributed by atoms with Crippen molar-refractivity contribution in [3.63, 3.8) is 0 Å². The van der Waals surface area contributed by atoms with Gasteiger partial charge in [0.2, 0.25) is 0 Å². The van der Waals surface area contributed by atoms with Crippen molar-refractivity contribution in [2.24, 2.45) is 0 Å². The van der Waals surface area contributed by atoms with E-state index in [4.69, 9.17) is 4.74 Å². The number of carbonyl (C=O) groups is 2. The molecule has 1 N–H and O–H groups in total. The van der Waals surface area contributed by atoms with Gasteiger partial charge in [0.15, 0.2) is 0 Å². The number of carbonyl (C=O) groups excluding carboxylic acids is 2. The van der Waals surface area contributed by atoms with E-state index in [0.717, 1.165) is 13.0 Å². The molecule has 5 nitrogen and oxygen atoms in total. The molecule has 0 aromatic heterocycles. The summed E-state index contributed by atoms with van der Waals surface area (Å²) in [7, 11) is 1.54. The first kappa shape index (κ1) is 14.5. The number of fused-ring (bicyclic) bond motifs is 1. The molecule has 0 spiro atoms. The average Bonchev–Trinajstić information content (AvgIpc) is 2.67. The van der Waals surface area contributed by atoms with Gasteiger partial charge < -0.3 is 15.0 Å². The van der Waals surface area contributed by atoms with Gasteiger partial charge in [-0.2, -0.15) is 0 Å². The Labute approximate surface area is 118 Å². The molecule has 20 heavy (non-hydrogen) atoms. The molecule has 0 fully saturated rings. The van der Waals surface area contributed by atoms with Crippen molar-refractivity contribution >= 4 is 17.4 Å². The average molecular weight is 276 g/mol. The number of hydrogen-bond acceptors (Lipinski definition) is 4. The molecule has 1 aromatic rings. The number of nitrogens with zero attached hydrogens (tertiary/aromatic N) is 1. The Hall–Kier alpha value is -1.88. The van der Waals surface area contributed by atoms with E-state index >= 15 is 0 Å². The third kappa shape index (κ3) is 2.82. The first-order chi connectivity index (χ1) is 9.54. The zero-order valence-electron chi connectivity index (χ0n) is 12.1. The van der Waals surface area contributed by atoms with E-state index in [1.807, 2.05) is 0 Å². The van der Waals surface area contributed by atoms with Gasteiger partial charge in [-0.25, -0.2) is 0 Å². The molecule has 0 aliphatic carbocycles. The Balaban J connectivity index is 2.09. The second-order valence-electron chi connectivity index (χ2n) is 5.13. The largest absolute Gasteiger partial charge is 0.497 e. The smallest absolute Gasteiger partial charge is 0.299 e. The van der Waals surface area contributed by atoms with Crippen LogP contribution in [-0.2, 0) is 4.79 Å². The van der Waals surface area contributed by atoms with Gasteiger partial charge >= 0.3 is 0 Å². The standard InChI is InChI=1S/C15H20N2O3/c1-10(2)16-7-4-8-17-13-6-5-11(20-3)9-12(13)14(18)15(17)19/h5-6,9-10,16H,4,7-8H2,1-3H3. The van der Waals surface area contributed by atoms with Crippen LogP contribution in [-0.4, -0.2) is 37.9 Å². The zero-order valence-corrected chi connectivity index (χ0v) is 12.1. The number of anilines is 1. The highest BCUT2D eigenvalue weighted by atomic mass is 16.5. The second kappa shape index (κ2) is 6.05. The van der Waals surface area contributed by atoms with E-state index in [-0.39, 0.29) is 0 Å². The van der Waals surface area contributed by atoms with E-state index < -0.39 is 11.7 Å². The number of methoxy groups -OCH3 is 1. The Morgan fingerprint density at radius 2 is 2.05 bits per heavy atom. The van der Waals surface area contributed by atoms with Crippen LogP contribution in [0.25, 0.3) is 0 Å². The lowest BCUT2D eigenvalue weighted by Crippen LogP contribution is -2.33. The van der Waals surface area contributed by atoms with Crippen molar-refractivity contribution in [2.75, 3.05) is 25.1 Å². The fraction of sp³-hybridized carbons (Fsp3) is 0.467. The molecule has 1 aliphatic heterocycles. The highest BCUT2D eigenvalue weighted by Crippen LogP contribution is 2.31. The van der Waals surface area contributed by atoms with Gasteiger partial charge in [0, 0.05) is 12.6 Å². The summed E-state index contributed by atoms with van der Waals surface area (Å²) < 4.78 is 5.09. The monoisotopic (exact) mass is 276 g/mol. The maximum atomic E-state index is 12.0. The minimum atomic E-state index is -0.448. The number of ketones is 1. The van der Waals surface area contributed by atoms with Gasteiger partial charge in [-0.05, 0) is 31.2 Å². The molecule has 0 saturated heterocycles. The van der Waals surface area contributed by atoms with E-state index in [1.54, 1.807) is 30.2 Å². The van der Waals surface area contributed by atoms with Gasteiger partial charge in [0.05, 0.1) is 18.4 Å². The summed E-state index contributed by atoms with van der Waals surface area (Å²) in [5.41, 5.74) is 1.12. The predicted octanol–water partition coefficient (Wildman–Crippen LogP) is 1.61. The zero-order chi connectivity index (χ0) is 14.7. The highest BCUT2D eigenvalue weighted by Gasteiger charge is 2.35. The molecule has 0 atom stereocenters. The third-order valence-corrected chi connectivity index (χ3v) is 3.29. The Kier molecular flexibility index (Phi) is 4.39. The quantitative estimate of drug-likeness (QED) is 0.633. The molecule has 1 heterocycles. The molecular formula is C15H20N2O3. The maximum absolute atomic E-state index is 12.0. The van der Waals surface area contributed by atoms with Crippen LogP contribution in [0.3, 0.4) is 0 Å². The molecule has 1 amide bonds. The van der Waals surface area contributed by atoms with Crippen molar-refractivity contribution in [2.45, 2.75) is 26.3 Å². The Morgan fingerprint density at radius 3 is 2.70 bits per heavy atom. The van der Waals surface area contributed by atoms with Crippen molar-refractivity contribution in [1.29, 1.82) is 0 Å². The van der Waals surface area contributed by atoms with E-state index in [0.29, 0.717) is 29.6 Å². The number of hydrogen-bond donors (Lipinski definition) is 1. The third-order valence-electron chi connectivity index (χ3n) is 3.29. The lowest BCUT2D eigenvalue weighted by Gasteiger charge is -2.17. The molecule has 0 radical (unpaired) electrons. The summed E-state index contributed by atoms with van der Waals surface area (Å²) in [4.78, 5) is 25.5.